The lowest BCUT2D eigenvalue weighted by molar-refractivity contribution is -0.180. The zero-order chi connectivity index (χ0) is 17.0. The summed E-state index contributed by atoms with van der Waals surface area (Å²) in [5.41, 5.74) is 1.28. The molecule has 1 aromatic rings. The van der Waals surface area contributed by atoms with Gasteiger partial charge in [0.05, 0.1) is 14.2 Å². The van der Waals surface area contributed by atoms with Crippen molar-refractivity contribution in [3.05, 3.63) is 35.5 Å². The molecule has 0 radical (unpaired) electrons. The number of hydrogen-bond acceptors (Lipinski definition) is 5. The van der Waals surface area contributed by atoms with E-state index in [2.05, 4.69) is 4.99 Å². The molecule has 23 heavy (non-hydrogen) atoms. The standard InChI is InChI=1S/C17H20N2O4/c1-11(2)9-14-16(20)19(23-4)17(21)15(18-14)10-12-5-7-13(22-3)8-6-12/h5-8,10-11H,9H2,1-4H3/b15-10-. The largest absolute Gasteiger partial charge is 0.497 e. The Morgan fingerprint density at radius 1 is 1.13 bits per heavy atom. The molecule has 0 N–H and O–H groups in total. The lowest BCUT2D eigenvalue weighted by atomic mass is 10.0. The Labute approximate surface area is 135 Å². The first-order valence-electron chi connectivity index (χ1n) is 7.32. The number of carbonyl (C=O) groups is 2. The Bertz CT molecular complexity index is 660. The zero-order valence-electron chi connectivity index (χ0n) is 13.7. The average Bonchev–Trinajstić information content (AvgIpc) is 2.53. The Morgan fingerprint density at radius 2 is 1.78 bits per heavy atom. The van der Waals surface area contributed by atoms with Crippen molar-refractivity contribution in [2.45, 2.75) is 20.3 Å². The number of rotatable bonds is 5. The summed E-state index contributed by atoms with van der Waals surface area (Å²) in [6, 6.07) is 7.20. The summed E-state index contributed by atoms with van der Waals surface area (Å²) in [6.45, 7) is 3.96. The lowest BCUT2D eigenvalue weighted by Crippen LogP contribution is -2.44. The highest BCUT2D eigenvalue weighted by Gasteiger charge is 2.34. The molecule has 0 saturated heterocycles. The topological polar surface area (TPSA) is 68.2 Å². The lowest BCUT2D eigenvalue weighted by Gasteiger charge is -2.24. The zero-order valence-corrected chi connectivity index (χ0v) is 13.7. The van der Waals surface area contributed by atoms with Gasteiger partial charge in [-0.25, -0.2) is 4.99 Å². The molecule has 122 valence electrons. The van der Waals surface area contributed by atoms with E-state index in [4.69, 9.17) is 9.57 Å². The van der Waals surface area contributed by atoms with Crippen LogP contribution in [-0.4, -0.2) is 36.8 Å². The van der Waals surface area contributed by atoms with Gasteiger partial charge in [0.1, 0.15) is 17.2 Å². The number of amides is 2. The molecular weight excluding hydrogens is 296 g/mol. The Morgan fingerprint density at radius 3 is 2.30 bits per heavy atom. The monoisotopic (exact) mass is 316 g/mol. The fraction of sp³-hybridized carbons (Fsp3) is 0.353. The quantitative estimate of drug-likeness (QED) is 0.618. The molecule has 0 bridgehead atoms. The molecule has 0 saturated carbocycles. The van der Waals surface area contributed by atoms with Crippen LogP contribution in [0.1, 0.15) is 25.8 Å². The number of nitrogens with zero attached hydrogens (tertiary/aromatic N) is 2. The maximum Gasteiger partial charge on any atom is 0.303 e. The molecule has 2 amide bonds. The summed E-state index contributed by atoms with van der Waals surface area (Å²) in [6.07, 6.45) is 2.10. The molecule has 0 unspecified atom stereocenters. The Kier molecular flexibility index (Phi) is 5.28. The second kappa shape index (κ2) is 7.19. The summed E-state index contributed by atoms with van der Waals surface area (Å²) in [5.74, 6) is -0.106. The van der Waals surface area contributed by atoms with Gasteiger partial charge in [-0.2, -0.15) is 0 Å². The molecule has 0 aromatic heterocycles. The number of aliphatic imine (C=N–C) groups is 1. The summed E-state index contributed by atoms with van der Waals surface area (Å²) in [4.78, 5) is 33.7. The van der Waals surface area contributed by atoms with E-state index in [1.54, 1.807) is 25.3 Å². The van der Waals surface area contributed by atoms with Gasteiger partial charge in [0, 0.05) is 0 Å². The fourth-order valence-corrected chi connectivity index (χ4v) is 2.19. The Balaban J connectivity index is 2.40. The number of imide groups is 1. The predicted molar refractivity (Wildman–Crippen MR) is 86.7 cm³/mol. The summed E-state index contributed by atoms with van der Waals surface area (Å²) in [7, 11) is 2.88. The van der Waals surface area contributed by atoms with E-state index in [9.17, 15) is 9.59 Å². The minimum atomic E-state index is -0.569. The molecule has 2 rings (SSSR count). The molecule has 1 aliphatic heterocycles. The predicted octanol–water partition coefficient (Wildman–Crippen LogP) is 2.45. The number of ether oxygens (including phenoxy) is 1. The average molecular weight is 316 g/mol. The number of hydrogen-bond donors (Lipinski definition) is 0. The molecular formula is C17H20N2O4. The molecule has 0 atom stereocenters. The first-order chi connectivity index (χ1) is 11.0. The first-order valence-corrected chi connectivity index (χ1v) is 7.32. The van der Waals surface area contributed by atoms with Crippen molar-refractivity contribution < 1.29 is 19.2 Å². The molecule has 1 aliphatic rings. The van der Waals surface area contributed by atoms with Gasteiger partial charge in [0.2, 0.25) is 0 Å². The van der Waals surface area contributed by atoms with Crippen LogP contribution in [0.15, 0.2) is 35.0 Å². The highest BCUT2D eigenvalue weighted by Crippen LogP contribution is 2.20. The fourth-order valence-electron chi connectivity index (χ4n) is 2.19. The highest BCUT2D eigenvalue weighted by atomic mass is 16.7. The van der Waals surface area contributed by atoms with Gasteiger partial charge in [-0.3, -0.25) is 14.4 Å². The molecule has 0 spiro atoms. The minimum absolute atomic E-state index is 0.173. The smallest absolute Gasteiger partial charge is 0.303 e. The van der Waals surface area contributed by atoms with Gasteiger partial charge in [-0.15, -0.1) is 5.06 Å². The van der Waals surface area contributed by atoms with Crippen LogP contribution in [0.25, 0.3) is 6.08 Å². The molecule has 6 heteroatoms. The van der Waals surface area contributed by atoms with Crippen molar-refractivity contribution in [3.8, 4) is 5.75 Å². The van der Waals surface area contributed by atoms with Gasteiger partial charge in [0.25, 0.3) is 5.91 Å². The van der Waals surface area contributed by atoms with Gasteiger partial charge in [0.15, 0.2) is 0 Å². The van der Waals surface area contributed by atoms with Crippen molar-refractivity contribution in [2.75, 3.05) is 14.2 Å². The van der Waals surface area contributed by atoms with Crippen molar-refractivity contribution in [3.63, 3.8) is 0 Å². The number of benzene rings is 1. The molecule has 0 aliphatic carbocycles. The van der Waals surface area contributed by atoms with Gasteiger partial charge in [-0.1, -0.05) is 26.0 Å². The summed E-state index contributed by atoms with van der Waals surface area (Å²) < 4.78 is 5.10. The minimum Gasteiger partial charge on any atom is -0.497 e. The van der Waals surface area contributed by atoms with E-state index >= 15 is 0 Å². The Hall–Kier alpha value is -2.47. The van der Waals surface area contributed by atoms with E-state index < -0.39 is 11.8 Å². The van der Waals surface area contributed by atoms with E-state index in [1.165, 1.54) is 7.11 Å². The highest BCUT2D eigenvalue weighted by molar-refractivity contribution is 6.44. The van der Waals surface area contributed by atoms with Gasteiger partial charge < -0.3 is 4.74 Å². The number of methoxy groups -OCH3 is 1. The second-order valence-corrected chi connectivity index (χ2v) is 5.55. The van der Waals surface area contributed by atoms with Crippen molar-refractivity contribution in [1.82, 2.24) is 5.06 Å². The van der Waals surface area contributed by atoms with Gasteiger partial charge >= 0.3 is 5.91 Å². The van der Waals surface area contributed by atoms with Gasteiger partial charge in [-0.05, 0) is 36.1 Å². The van der Waals surface area contributed by atoms with Crippen molar-refractivity contribution in [1.29, 1.82) is 0 Å². The van der Waals surface area contributed by atoms with Crippen molar-refractivity contribution >= 4 is 23.6 Å². The van der Waals surface area contributed by atoms with Crippen LogP contribution in [0.5, 0.6) is 5.75 Å². The maximum absolute atomic E-state index is 12.3. The third-order valence-electron chi connectivity index (χ3n) is 3.29. The van der Waals surface area contributed by atoms with Crippen LogP contribution in [0.3, 0.4) is 0 Å². The van der Waals surface area contributed by atoms with Crippen molar-refractivity contribution in [2.24, 2.45) is 10.9 Å². The van der Waals surface area contributed by atoms with Crippen LogP contribution >= 0.6 is 0 Å². The van der Waals surface area contributed by atoms with E-state index in [0.717, 1.165) is 16.4 Å². The normalized spacial score (nSPS) is 17.0. The molecule has 1 heterocycles. The number of carbonyl (C=O) groups excluding carboxylic acids is 2. The van der Waals surface area contributed by atoms with Crippen LogP contribution in [0.4, 0.5) is 0 Å². The molecule has 6 nitrogen and oxygen atoms in total. The summed E-state index contributed by atoms with van der Waals surface area (Å²) in [5, 5.41) is 0.750. The second-order valence-electron chi connectivity index (χ2n) is 5.55. The van der Waals surface area contributed by atoms with E-state index in [-0.39, 0.29) is 11.6 Å². The van der Waals surface area contributed by atoms with Crippen LogP contribution < -0.4 is 4.74 Å². The summed E-state index contributed by atoms with van der Waals surface area (Å²) >= 11 is 0. The molecule has 0 fully saturated rings. The third-order valence-corrected chi connectivity index (χ3v) is 3.29. The van der Waals surface area contributed by atoms with Crippen LogP contribution in [0.2, 0.25) is 0 Å². The third kappa shape index (κ3) is 3.84. The molecule has 1 aromatic carbocycles. The SMILES string of the molecule is COc1ccc(/C=C2\N=C(CC(C)C)C(=O)N(OC)C2=O)cc1. The van der Waals surface area contributed by atoms with Crippen LogP contribution in [0, 0.1) is 5.92 Å². The number of hydroxylamine groups is 2. The first kappa shape index (κ1) is 16.9. The van der Waals surface area contributed by atoms with E-state index in [0.29, 0.717) is 12.1 Å². The van der Waals surface area contributed by atoms with E-state index in [1.807, 2.05) is 26.0 Å². The van der Waals surface area contributed by atoms with Crippen LogP contribution in [-0.2, 0) is 14.4 Å². The maximum atomic E-state index is 12.3.